The lowest BCUT2D eigenvalue weighted by atomic mass is 9.98. The number of hydrogen-bond acceptors (Lipinski definition) is 5. The van der Waals surface area contributed by atoms with Crippen molar-refractivity contribution in [2.45, 2.75) is 46.1 Å². The summed E-state index contributed by atoms with van der Waals surface area (Å²) in [6.07, 6.45) is 0. The monoisotopic (exact) mass is 305 g/mol. The van der Waals surface area contributed by atoms with Crippen LogP contribution in [0.1, 0.15) is 49.3 Å². The first-order valence-corrected chi connectivity index (χ1v) is 8.75. The lowest BCUT2D eigenvalue weighted by Gasteiger charge is -2.14. The van der Waals surface area contributed by atoms with Gasteiger partial charge in [0.2, 0.25) is 10.0 Å². The van der Waals surface area contributed by atoms with Crippen LogP contribution < -0.4 is 10.5 Å². The zero-order valence-electron chi connectivity index (χ0n) is 12.1. The van der Waals surface area contributed by atoms with Gasteiger partial charge >= 0.3 is 0 Å². The van der Waals surface area contributed by atoms with E-state index in [-0.39, 0.29) is 17.2 Å². The van der Waals surface area contributed by atoms with E-state index in [4.69, 9.17) is 5.14 Å². The molecule has 1 heterocycles. The number of hydrogen-bond donors (Lipinski definition) is 2. The molecule has 3 N–H and O–H groups in total. The van der Waals surface area contributed by atoms with Gasteiger partial charge in [-0.05, 0) is 13.8 Å². The normalized spacial score (nSPS) is 14.6. The number of aryl methyl sites for hydroxylation is 1. The highest BCUT2D eigenvalue weighted by Crippen LogP contribution is 2.32. The molecule has 0 aliphatic carbocycles. The summed E-state index contributed by atoms with van der Waals surface area (Å²) < 4.78 is 21.8. The van der Waals surface area contributed by atoms with Crippen LogP contribution in [0.5, 0.6) is 0 Å². The summed E-state index contributed by atoms with van der Waals surface area (Å²) in [7, 11) is -3.40. The van der Waals surface area contributed by atoms with E-state index >= 15 is 0 Å². The van der Waals surface area contributed by atoms with Crippen molar-refractivity contribution in [3.05, 3.63) is 15.6 Å². The maximum absolute atomic E-state index is 10.9. The quantitative estimate of drug-likeness (QED) is 0.867. The van der Waals surface area contributed by atoms with E-state index in [0.717, 1.165) is 15.6 Å². The third-order valence-corrected chi connectivity index (χ3v) is 5.24. The first kappa shape index (κ1) is 16.6. The van der Waals surface area contributed by atoms with Crippen molar-refractivity contribution >= 4 is 21.4 Å². The molecule has 1 aromatic heterocycles. The van der Waals surface area contributed by atoms with Crippen LogP contribution in [0.15, 0.2) is 0 Å². The molecule has 7 heteroatoms. The Labute approximate surface area is 119 Å². The smallest absolute Gasteiger partial charge is 0.210 e. The average Bonchev–Trinajstić information content (AvgIpc) is 2.57. The van der Waals surface area contributed by atoms with Gasteiger partial charge in [0.25, 0.3) is 0 Å². The summed E-state index contributed by atoms with van der Waals surface area (Å²) in [6.45, 7) is 10.7. The van der Waals surface area contributed by atoms with Crippen LogP contribution in [0.25, 0.3) is 0 Å². The Hall–Kier alpha value is -0.500. The fourth-order valence-electron chi connectivity index (χ4n) is 1.64. The van der Waals surface area contributed by atoms with Gasteiger partial charge in [0.15, 0.2) is 0 Å². The van der Waals surface area contributed by atoms with E-state index in [9.17, 15) is 8.42 Å². The highest BCUT2D eigenvalue weighted by Gasteiger charge is 2.22. The third-order valence-electron chi connectivity index (χ3n) is 2.70. The maximum atomic E-state index is 10.9. The Morgan fingerprint density at radius 3 is 2.42 bits per heavy atom. The van der Waals surface area contributed by atoms with Crippen molar-refractivity contribution in [2.24, 2.45) is 5.14 Å². The van der Waals surface area contributed by atoms with E-state index in [1.165, 1.54) is 0 Å². The molecule has 5 nitrogen and oxygen atoms in total. The van der Waals surface area contributed by atoms with Gasteiger partial charge in [-0.3, -0.25) is 0 Å². The van der Waals surface area contributed by atoms with Crippen molar-refractivity contribution < 1.29 is 8.42 Å². The number of nitrogens with zero attached hydrogens (tertiary/aromatic N) is 1. The zero-order valence-corrected chi connectivity index (χ0v) is 13.8. The van der Waals surface area contributed by atoms with Crippen LogP contribution >= 0.6 is 11.3 Å². The number of aromatic nitrogens is 1. The predicted molar refractivity (Wildman–Crippen MR) is 79.9 cm³/mol. The van der Waals surface area contributed by atoms with Gasteiger partial charge in [0, 0.05) is 22.9 Å². The second kappa shape index (κ2) is 5.87. The molecule has 0 saturated heterocycles. The molecule has 0 aliphatic rings. The second-order valence-corrected chi connectivity index (χ2v) is 8.53. The minimum absolute atomic E-state index is 0.0357. The van der Waals surface area contributed by atoms with Crippen molar-refractivity contribution in [2.75, 3.05) is 12.3 Å². The van der Waals surface area contributed by atoms with Gasteiger partial charge in [0.1, 0.15) is 0 Å². The topological polar surface area (TPSA) is 85.1 Å². The van der Waals surface area contributed by atoms with Crippen molar-refractivity contribution in [3.8, 4) is 0 Å². The molecule has 0 spiro atoms. The van der Waals surface area contributed by atoms with Crippen LogP contribution in [-0.2, 0) is 15.4 Å². The van der Waals surface area contributed by atoms with Crippen LogP contribution in [0, 0.1) is 6.92 Å². The number of nitrogens with one attached hydrogen (secondary N) is 1. The molecule has 110 valence electrons. The van der Waals surface area contributed by atoms with Crippen molar-refractivity contribution in [3.63, 3.8) is 0 Å². The highest BCUT2D eigenvalue weighted by molar-refractivity contribution is 7.89. The molecule has 0 amide bonds. The SMILES string of the molecule is Cc1nc(C(C)(C)C)sc1C(C)NCCS(N)(=O)=O. The summed E-state index contributed by atoms with van der Waals surface area (Å²) in [5, 5.41) is 9.24. The minimum atomic E-state index is -3.40. The molecular weight excluding hydrogens is 282 g/mol. The van der Waals surface area contributed by atoms with Crippen LogP contribution in [0.2, 0.25) is 0 Å². The number of thiazole rings is 1. The largest absolute Gasteiger partial charge is 0.308 e. The maximum Gasteiger partial charge on any atom is 0.210 e. The molecule has 0 aromatic carbocycles. The molecule has 1 aromatic rings. The number of primary sulfonamides is 1. The summed E-state index contributed by atoms with van der Waals surface area (Å²) >= 11 is 1.68. The molecule has 0 aliphatic heterocycles. The summed E-state index contributed by atoms with van der Waals surface area (Å²) in [4.78, 5) is 5.75. The molecule has 0 saturated carbocycles. The van der Waals surface area contributed by atoms with Crippen LogP contribution in [-0.4, -0.2) is 25.7 Å². The summed E-state index contributed by atoms with van der Waals surface area (Å²) in [5.41, 5.74) is 1.04. The fraction of sp³-hybridized carbons (Fsp3) is 0.750. The minimum Gasteiger partial charge on any atom is -0.308 e. The van der Waals surface area contributed by atoms with Crippen LogP contribution in [0.3, 0.4) is 0 Å². The average molecular weight is 305 g/mol. The molecule has 0 bridgehead atoms. The van der Waals surface area contributed by atoms with E-state index < -0.39 is 10.0 Å². The Balaban J connectivity index is 2.72. The molecule has 1 unspecified atom stereocenters. The van der Waals surface area contributed by atoms with Gasteiger partial charge < -0.3 is 5.32 Å². The van der Waals surface area contributed by atoms with Gasteiger partial charge in [0.05, 0.1) is 16.5 Å². The Bertz CT molecular complexity index is 530. The van der Waals surface area contributed by atoms with E-state index in [2.05, 4.69) is 31.1 Å². The molecule has 19 heavy (non-hydrogen) atoms. The molecular formula is C12H23N3O2S2. The molecule has 0 radical (unpaired) electrons. The Kier molecular flexibility index (Phi) is 5.11. The summed E-state index contributed by atoms with van der Waals surface area (Å²) in [5.74, 6) is -0.0542. The van der Waals surface area contributed by atoms with Crippen molar-refractivity contribution in [1.82, 2.24) is 10.3 Å². The Morgan fingerprint density at radius 2 is 2.00 bits per heavy atom. The molecule has 1 atom stereocenters. The third kappa shape index (κ3) is 5.18. The van der Waals surface area contributed by atoms with Gasteiger partial charge in [-0.15, -0.1) is 11.3 Å². The highest BCUT2D eigenvalue weighted by atomic mass is 32.2. The first-order valence-electron chi connectivity index (χ1n) is 6.22. The van der Waals surface area contributed by atoms with E-state index in [0.29, 0.717) is 6.54 Å². The standard InChI is InChI=1S/C12H23N3O2S2/c1-8(14-6-7-19(13,16)17)10-9(2)15-11(18-10)12(3,4)5/h8,14H,6-7H2,1-5H3,(H2,13,16,17). The van der Waals surface area contributed by atoms with Crippen LogP contribution in [0.4, 0.5) is 0 Å². The Morgan fingerprint density at radius 1 is 1.42 bits per heavy atom. The lowest BCUT2D eigenvalue weighted by Crippen LogP contribution is -2.28. The number of nitrogens with two attached hydrogens (primary N) is 1. The lowest BCUT2D eigenvalue weighted by molar-refractivity contribution is 0.574. The first-order chi connectivity index (χ1) is 8.50. The number of sulfonamides is 1. The van der Waals surface area contributed by atoms with E-state index in [1.807, 2.05) is 13.8 Å². The van der Waals surface area contributed by atoms with Gasteiger partial charge in [-0.25, -0.2) is 18.5 Å². The van der Waals surface area contributed by atoms with Crippen molar-refractivity contribution in [1.29, 1.82) is 0 Å². The van der Waals surface area contributed by atoms with Gasteiger partial charge in [-0.1, -0.05) is 20.8 Å². The fourth-order valence-corrected chi connectivity index (χ4v) is 3.19. The predicted octanol–water partition coefficient (Wildman–Crippen LogP) is 1.69. The second-order valence-electron chi connectivity index (χ2n) is 5.76. The summed E-state index contributed by atoms with van der Waals surface area (Å²) in [6, 6.07) is 0.0790. The molecule has 0 fully saturated rings. The van der Waals surface area contributed by atoms with Gasteiger partial charge in [-0.2, -0.15) is 0 Å². The molecule has 1 rings (SSSR count). The van der Waals surface area contributed by atoms with E-state index in [1.54, 1.807) is 11.3 Å². The number of rotatable bonds is 5. The zero-order chi connectivity index (χ0) is 14.8.